The first-order valence-electron chi connectivity index (χ1n) is 5.93. The van der Waals surface area contributed by atoms with E-state index < -0.39 is 21.2 Å². The van der Waals surface area contributed by atoms with Gasteiger partial charge in [-0.3, -0.25) is 9.59 Å². The van der Waals surface area contributed by atoms with Gasteiger partial charge in [-0.25, -0.2) is 8.42 Å². The maximum Gasteiger partial charge on any atom is 0.310 e. The second-order valence-electron chi connectivity index (χ2n) is 4.95. The Labute approximate surface area is 107 Å². The zero-order valence-corrected chi connectivity index (χ0v) is 11.3. The number of rotatable bonds is 6. The summed E-state index contributed by atoms with van der Waals surface area (Å²) in [5.74, 6) is -1.44. The van der Waals surface area contributed by atoms with E-state index in [0.717, 1.165) is 19.1 Å². The van der Waals surface area contributed by atoms with E-state index >= 15 is 0 Å². The fourth-order valence-corrected chi connectivity index (χ4v) is 2.74. The van der Waals surface area contributed by atoms with Crippen LogP contribution in [0, 0.1) is 5.41 Å². The Morgan fingerprint density at radius 1 is 1.28 bits per heavy atom. The van der Waals surface area contributed by atoms with Crippen molar-refractivity contribution in [2.75, 3.05) is 18.6 Å². The van der Waals surface area contributed by atoms with Crippen LogP contribution in [0.4, 0.5) is 0 Å². The molecule has 1 rings (SSSR count). The summed E-state index contributed by atoms with van der Waals surface area (Å²) in [6.07, 6.45) is 3.70. The lowest BCUT2D eigenvalue weighted by atomic mass is 9.82. The number of sulfone groups is 1. The lowest BCUT2D eigenvalue weighted by Gasteiger charge is -2.22. The van der Waals surface area contributed by atoms with Crippen molar-refractivity contribution in [3.8, 4) is 0 Å². The van der Waals surface area contributed by atoms with Crippen molar-refractivity contribution in [3.05, 3.63) is 0 Å². The molecule has 1 fully saturated rings. The SMILES string of the molecule is CS(=O)(=O)CCNC(=O)CC1(C(=O)O)CCCC1. The van der Waals surface area contributed by atoms with Gasteiger partial charge in [0.05, 0.1) is 11.2 Å². The minimum Gasteiger partial charge on any atom is -0.481 e. The molecule has 0 radical (unpaired) electrons. The molecule has 1 aliphatic rings. The van der Waals surface area contributed by atoms with Gasteiger partial charge in [0.1, 0.15) is 9.84 Å². The van der Waals surface area contributed by atoms with Crippen LogP contribution in [0.2, 0.25) is 0 Å². The van der Waals surface area contributed by atoms with Gasteiger partial charge >= 0.3 is 5.97 Å². The standard InChI is InChI=1S/C11H19NO5S/c1-18(16,17)7-6-12-9(13)8-11(10(14)15)4-2-3-5-11/h2-8H2,1H3,(H,12,13)(H,14,15). The summed E-state index contributed by atoms with van der Waals surface area (Å²) in [6, 6.07) is 0. The van der Waals surface area contributed by atoms with Crippen LogP contribution in [0.15, 0.2) is 0 Å². The topological polar surface area (TPSA) is 101 Å². The molecule has 1 aliphatic carbocycles. The Bertz CT molecular complexity index is 423. The number of hydrogen-bond donors (Lipinski definition) is 2. The number of carboxylic acids is 1. The summed E-state index contributed by atoms with van der Waals surface area (Å²) in [4.78, 5) is 22.8. The van der Waals surface area contributed by atoms with E-state index in [1.54, 1.807) is 0 Å². The van der Waals surface area contributed by atoms with Gasteiger partial charge in [-0.1, -0.05) is 12.8 Å². The highest BCUT2D eigenvalue weighted by Crippen LogP contribution is 2.41. The number of carbonyl (C=O) groups excluding carboxylic acids is 1. The van der Waals surface area contributed by atoms with Crippen molar-refractivity contribution in [3.63, 3.8) is 0 Å². The minimum atomic E-state index is -3.11. The molecule has 104 valence electrons. The van der Waals surface area contributed by atoms with Crippen molar-refractivity contribution >= 4 is 21.7 Å². The van der Waals surface area contributed by atoms with Crippen molar-refractivity contribution in [1.82, 2.24) is 5.32 Å². The van der Waals surface area contributed by atoms with Gasteiger partial charge in [-0.15, -0.1) is 0 Å². The maximum absolute atomic E-state index is 11.6. The molecule has 0 bridgehead atoms. The lowest BCUT2D eigenvalue weighted by Crippen LogP contribution is -2.37. The lowest BCUT2D eigenvalue weighted by molar-refractivity contribution is -0.151. The number of aliphatic carboxylic acids is 1. The summed E-state index contributed by atoms with van der Waals surface area (Å²) in [7, 11) is -3.11. The Kier molecular flexibility index (Phi) is 4.72. The average molecular weight is 277 g/mol. The second kappa shape index (κ2) is 5.69. The third-order valence-electron chi connectivity index (χ3n) is 3.31. The third kappa shape index (κ3) is 4.29. The smallest absolute Gasteiger partial charge is 0.310 e. The van der Waals surface area contributed by atoms with E-state index in [1.807, 2.05) is 0 Å². The van der Waals surface area contributed by atoms with E-state index in [9.17, 15) is 23.1 Å². The molecule has 0 atom stereocenters. The molecule has 7 heteroatoms. The van der Waals surface area contributed by atoms with Crippen LogP contribution in [0.25, 0.3) is 0 Å². The minimum absolute atomic E-state index is 0.0351. The predicted octanol–water partition coefficient (Wildman–Crippen LogP) is 0.182. The molecule has 1 saturated carbocycles. The van der Waals surface area contributed by atoms with Crippen molar-refractivity contribution < 1.29 is 23.1 Å². The van der Waals surface area contributed by atoms with E-state index in [2.05, 4.69) is 5.32 Å². The Hall–Kier alpha value is -1.11. The first-order valence-corrected chi connectivity index (χ1v) is 7.99. The van der Waals surface area contributed by atoms with Crippen LogP contribution in [-0.2, 0) is 19.4 Å². The molecule has 0 unspecified atom stereocenters. The number of nitrogens with one attached hydrogen (secondary N) is 1. The molecule has 0 aromatic carbocycles. The highest BCUT2D eigenvalue weighted by molar-refractivity contribution is 7.90. The van der Waals surface area contributed by atoms with Gasteiger partial charge in [-0.05, 0) is 12.8 Å². The van der Waals surface area contributed by atoms with E-state index in [1.165, 1.54) is 0 Å². The zero-order valence-electron chi connectivity index (χ0n) is 10.4. The van der Waals surface area contributed by atoms with Crippen LogP contribution in [-0.4, -0.2) is 44.0 Å². The molecule has 1 amide bonds. The molecule has 18 heavy (non-hydrogen) atoms. The van der Waals surface area contributed by atoms with Crippen molar-refractivity contribution in [2.24, 2.45) is 5.41 Å². The first-order chi connectivity index (χ1) is 8.25. The van der Waals surface area contributed by atoms with Crippen LogP contribution >= 0.6 is 0 Å². The fraction of sp³-hybridized carbons (Fsp3) is 0.818. The molecule has 0 aromatic rings. The molecular weight excluding hydrogens is 258 g/mol. The molecule has 0 aromatic heterocycles. The maximum atomic E-state index is 11.6. The van der Waals surface area contributed by atoms with Crippen LogP contribution in [0.3, 0.4) is 0 Å². The quantitative estimate of drug-likeness (QED) is 0.721. The van der Waals surface area contributed by atoms with Crippen molar-refractivity contribution in [1.29, 1.82) is 0 Å². The third-order valence-corrected chi connectivity index (χ3v) is 4.25. The van der Waals surface area contributed by atoms with E-state index in [4.69, 9.17) is 0 Å². The molecule has 0 aliphatic heterocycles. The summed E-state index contributed by atoms with van der Waals surface area (Å²) >= 11 is 0. The van der Waals surface area contributed by atoms with Gasteiger partial charge < -0.3 is 10.4 Å². The largest absolute Gasteiger partial charge is 0.481 e. The van der Waals surface area contributed by atoms with E-state index in [0.29, 0.717) is 12.8 Å². The second-order valence-corrected chi connectivity index (χ2v) is 7.21. The predicted molar refractivity (Wildman–Crippen MR) is 65.9 cm³/mol. The van der Waals surface area contributed by atoms with Gasteiger partial charge in [0, 0.05) is 19.2 Å². The van der Waals surface area contributed by atoms with Crippen molar-refractivity contribution in [2.45, 2.75) is 32.1 Å². The number of carboxylic acid groups (broad SMARTS) is 1. The highest BCUT2D eigenvalue weighted by Gasteiger charge is 2.42. The molecule has 6 nitrogen and oxygen atoms in total. The number of amides is 1. The molecular formula is C11H19NO5S. The molecule has 2 N–H and O–H groups in total. The van der Waals surface area contributed by atoms with Crippen LogP contribution in [0.5, 0.6) is 0 Å². The van der Waals surface area contributed by atoms with Gasteiger partial charge in [0.2, 0.25) is 5.91 Å². The highest BCUT2D eigenvalue weighted by atomic mass is 32.2. The Morgan fingerprint density at radius 3 is 2.28 bits per heavy atom. The molecule has 0 saturated heterocycles. The van der Waals surface area contributed by atoms with Gasteiger partial charge in [0.25, 0.3) is 0 Å². The van der Waals surface area contributed by atoms with Gasteiger partial charge in [-0.2, -0.15) is 0 Å². The summed E-state index contributed by atoms with van der Waals surface area (Å²) in [5, 5.41) is 11.7. The Morgan fingerprint density at radius 2 is 1.83 bits per heavy atom. The van der Waals surface area contributed by atoms with Crippen LogP contribution in [0.1, 0.15) is 32.1 Å². The Balaban J connectivity index is 2.46. The fourth-order valence-electron chi connectivity index (χ4n) is 2.26. The summed E-state index contributed by atoms with van der Waals surface area (Å²) in [5.41, 5.74) is -0.949. The molecule has 0 spiro atoms. The monoisotopic (exact) mass is 277 g/mol. The van der Waals surface area contributed by atoms with E-state index in [-0.39, 0.29) is 24.6 Å². The van der Waals surface area contributed by atoms with Gasteiger partial charge in [0.15, 0.2) is 0 Å². The van der Waals surface area contributed by atoms with Crippen LogP contribution < -0.4 is 5.32 Å². The normalized spacial score (nSPS) is 18.5. The number of hydrogen-bond acceptors (Lipinski definition) is 4. The molecule has 0 heterocycles. The zero-order chi connectivity index (χ0) is 13.8. The first kappa shape index (κ1) is 14.9. The summed E-state index contributed by atoms with van der Waals surface area (Å²) < 4.78 is 21.8. The average Bonchev–Trinajstić information content (AvgIpc) is 2.65. The number of carbonyl (C=O) groups is 2. The summed E-state index contributed by atoms with van der Waals surface area (Å²) in [6.45, 7) is 0.0351.